The molecule has 108 valence electrons. The second-order valence-corrected chi connectivity index (χ2v) is 5.39. The molecule has 0 radical (unpaired) electrons. The van der Waals surface area contributed by atoms with E-state index in [1.165, 1.54) is 37.6 Å². The van der Waals surface area contributed by atoms with Gasteiger partial charge < -0.3 is 10.0 Å². The molecule has 5 heteroatoms. The number of carbonyl (C=O) groups is 2. The molecule has 0 saturated heterocycles. The summed E-state index contributed by atoms with van der Waals surface area (Å²) in [5.41, 5.74) is -0.00805. The highest BCUT2D eigenvalue weighted by Crippen LogP contribution is 2.24. The highest BCUT2D eigenvalue weighted by Gasteiger charge is 2.23. The molecule has 0 aromatic carbocycles. The third-order valence-corrected chi connectivity index (χ3v) is 3.84. The number of aromatic nitrogens is 1. The number of carboxylic acids is 1. The van der Waals surface area contributed by atoms with Gasteiger partial charge in [0.15, 0.2) is 0 Å². The Morgan fingerprint density at radius 1 is 1.35 bits per heavy atom. The minimum atomic E-state index is -1.12. The van der Waals surface area contributed by atoms with Crippen LogP contribution in [0.1, 0.15) is 53.0 Å². The van der Waals surface area contributed by atoms with Crippen LogP contribution in [0, 0.1) is 5.92 Å². The molecule has 1 aliphatic rings. The van der Waals surface area contributed by atoms with E-state index >= 15 is 0 Å². The number of amides is 1. The zero-order valence-corrected chi connectivity index (χ0v) is 11.7. The van der Waals surface area contributed by atoms with Gasteiger partial charge in [-0.25, -0.2) is 4.79 Å². The predicted octanol–water partition coefficient (Wildman–Crippen LogP) is 2.43. The van der Waals surface area contributed by atoms with Crippen molar-refractivity contribution in [3.63, 3.8) is 0 Å². The summed E-state index contributed by atoms with van der Waals surface area (Å²) in [5.74, 6) is -0.907. The third kappa shape index (κ3) is 3.35. The van der Waals surface area contributed by atoms with Crippen molar-refractivity contribution >= 4 is 11.9 Å². The van der Waals surface area contributed by atoms with Crippen molar-refractivity contribution in [1.29, 1.82) is 0 Å². The number of nitrogens with zero attached hydrogens (tertiary/aromatic N) is 2. The van der Waals surface area contributed by atoms with Gasteiger partial charge in [0.2, 0.25) is 0 Å². The van der Waals surface area contributed by atoms with E-state index in [9.17, 15) is 9.59 Å². The molecule has 1 heterocycles. The van der Waals surface area contributed by atoms with Crippen molar-refractivity contribution in [1.82, 2.24) is 9.88 Å². The van der Waals surface area contributed by atoms with Crippen molar-refractivity contribution in [3.8, 4) is 0 Å². The molecule has 20 heavy (non-hydrogen) atoms. The average molecular weight is 276 g/mol. The maximum atomic E-state index is 12.3. The molecule has 1 aliphatic carbocycles. The molecule has 1 saturated carbocycles. The molecule has 1 N–H and O–H groups in total. The van der Waals surface area contributed by atoms with Crippen molar-refractivity contribution in [2.45, 2.75) is 32.1 Å². The summed E-state index contributed by atoms with van der Waals surface area (Å²) in [6, 6.07) is 2.94. The summed E-state index contributed by atoms with van der Waals surface area (Å²) in [5, 5.41) is 9.11. The fraction of sp³-hybridized carbons (Fsp3) is 0.533. The van der Waals surface area contributed by atoms with E-state index in [0.717, 1.165) is 12.8 Å². The Labute approximate surface area is 118 Å². The second-order valence-electron chi connectivity index (χ2n) is 5.39. The molecule has 0 spiro atoms. The molecule has 5 nitrogen and oxygen atoms in total. The summed E-state index contributed by atoms with van der Waals surface area (Å²) < 4.78 is 0. The SMILES string of the molecule is CN(CC1CCCCC1)C(=O)c1ncccc1C(=O)O. The first-order chi connectivity index (χ1) is 9.59. The molecule has 0 unspecified atom stereocenters. The number of hydrogen-bond acceptors (Lipinski definition) is 3. The molecule has 1 amide bonds. The fourth-order valence-corrected chi connectivity index (χ4v) is 2.77. The maximum Gasteiger partial charge on any atom is 0.338 e. The summed E-state index contributed by atoms with van der Waals surface area (Å²) in [7, 11) is 1.72. The van der Waals surface area contributed by atoms with Crippen molar-refractivity contribution in [2.24, 2.45) is 5.92 Å². The lowest BCUT2D eigenvalue weighted by atomic mass is 9.89. The number of pyridine rings is 1. The monoisotopic (exact) mass is 276 g/mol. The fourth-order valence-electron chi connectivity index (χ4n) is 2.77. The van der Waals surface area contributed by atoms with Crippen molar-refractivity contribution < 1.29 is 14.7 Å². The molecular weight excluding hydrogens is 256 g/mol. The minimum Gasteiger partial charge on any atom is -0.478 e. The molecular formula is C15H20N2O3. The van der Waals surface area contributed by atoms with E-state index in [1.54, 1.807) is 11.9 Å². The van der Waals surface area contributed by atoms with Gasteiger partial charge in [-0.3, -0.25) is 9.78 Å². The predicted molar refractivity (Wildman–Crippen MR) is 74.7 cm³/mol. The van der Waals surface area contributed by atoms with Gasteiger partial charge in [-0.05, 0) is 30.9 Å². The highest BCUT2D eigenvalue weighted by atomic mass is 16.4. The van der Waals surface area contributed by atoms with Crippen LogP contribution in [-0.4, -0.2) is 40.5 Å². The van der Waals surface area contributed by atoms with Gasteiger partial charge >= 0.3 is 5.97 Å². The lowest BCUT2D eigenvalue weighted by Gasteiger charge is -2.27. The smallest absolute Gasteiger partial charge is 0.338 e. The maximum absolute atomic E-state index is 12.3. The van der Waals surface area contributed by atoms with Crippen LogP contribution in [0.3, 0.4) is 0 Å². The zero-order chi connectivity index (χ0) is 14.5. The van der Waals surface area contributed by atoms with E-state index in [1.807, 2.05) is 0 Å². The lowest BCUT2D eigenvalue weighted by molar-refractivity contribution is 0.0673. The number of hydrogen-bond donors (Lipinski definition) is 1. The number of aromatic carboxylic acids is 1. The lowest BCUT2D eigenvalue weighted by Crippen LogP contribution is -2.34. The van der Waals surface area contributed by atoms with Gasteiger partial charge in [0, 0.05) is 19.8 Å². The van der Waals surface area contributed by atoms with Gasteiger partial charge in [-0.15, -0.1) is 0 Å². The quantitative estimate of drug-likeness (QED) is 0.917. The van der Waals surface area contributed by atoms with Crippen LogP contribution in [0.4, 0.5) is 0 Å². The summed E-state index contributed by atoms with van der Waals surface area (Å²) in [6.45, 7) is 0.675. The molecule has 2 rings (SSSR count). The Morgan fingerprint density at radius 3 is 2.70 bits per heavy atom. The van der Waals surface area contributed by atoms with E-state index in [0.29, 0.717) is 12.5 Å². The summed E-state index contributed by atoms with van der Waals surface area (Å²) >= 11 is 0. The summed E-state index contributed by atoms with van der Waals surface area (Å²) in [6.07, 6.45) is 7.45. The molecule has 0 bridgehead atoms. The van der Waals surface area contributed by atoms with Crippen LogP contribution < -0.4 is 0 Å². The van der Waals surface area contributed by atoms with Gasteiger partial charge in [-0.1, -0.05) is 19.3 Å². The molecule has 0 atom stereocenters. The van der Waals surface area contributed by atoms with E-state index in [2.05, 4.69) is 4.98 Å². The molecule has 1 aromatic heterocycles. The number of carboxylic acid groups (broad SMARTS) is 1. The Morgan fingerprint density at radius 2 is 2.05 bits per heavy atom. The largest absolute Gasteiger partial charge is 0.478 e. The minimum absolute atomic E-state index is 0.0262. The van der Waals surface area contributed by atoms with Crippen LogP contribution in [-0.2, 0) is 0 Å². The number of rotatable bonds is 4. The van der Waals surface area contributed by atoms with Gasteiger partial charge in [0.05, 0.1) is 5.56 Å². The third-order valence-electron chi connectivity index (χ3n) is 3.84. The van der Waals surface area contributed by atoms with E-state index < -0.39 is 5.97 Å². The van der Waals surface area contributed by atoms with Crippen molar-refractivity contribution in [2.75, 3.05) is 13.6 Å². The van der Waals surface area contributed by atoms with Crippen molar-refractivity contribution in [3.05, 3.63) is 29.6 Å². The first-order valence-electron chi connectivity index (χ1n) is 7.03. The van der Waals surface area contributed by atoms with Crippen LogP contribution in [0.2, 0.25) is 0 Å². The number of carbonyl (C=O) groups excluding carboxylic acids is 1. The Bertz CT molecular complexity index is 496. The second kappa shape index (κ2) is 6.50. The molecule has 1 fully saturated rings. The molecule has 0 aliphatic heterocycles. The van der Waals surface area contributed by atoms with Crippen LogP contribution >= 0.6 is 0 Å². The first-order valence-corrected chi connectivity index (χ1v) is 7.03. The first kappa shape index (κ1) is 14.5. The van der Waals surface area contributed by atoms with Crippen LogP contribution in [0.25, 0.3) is 0 Å². The van der Waals surface area contributed by atoms with Gasteiger partial charge in [0.1, 0.15) is 5.69 Å². The standard InChI is InChI=1S/C15H20N2O3/c1-17(10-11-6-3-2-4-7-11)14(18)13-12(15(19)20)8-5-9-16-13/h5,8-9,11H,2-4,6-7,10H2,1H3,(H,19,20). The topological polar surface area (TPSA) is 70.5 Å². The van der Waals surface area contributed by atoms with Gasteiger partial charge in [0.25, 0.3) is 5.91 Å². The highest BCUT2D eigenvalue weighted by molar-refractivity contribution is 6.03. The Hall–Kier alpha value is -1.91. The van der Waals surface area contributed by atoms with Gasteiger partial charge in [-0.2, -0.15) is 0 Å². The van der Waals surface area contributed by atoms with E-state index in [4.69, 9.17) is 5.11 Å². The van der Waals surface area contributed by atoms with E-state index in [-0.39, 0.29) is 17.2 Å². The molecule has 1 aromatic rings. The van der Waals surface area contributed by atoms with Crippen LogP contribution in [0.15, 0.2) is 18.3 Å². The normalized spacial score (nSPS) is 15.8. The Kier molecular flexibility index (Phi) is 4.71. The Balaban J connectivity index is 2.08. The zero-order valence-electron chi connectivity index (χ0n) is 11.7. The van der Waals surface area contributed by atoms with Crippen LogP contribution in [0.5, 0.6) is 0 Å². The summed E-state index contributed by atoms with van der Waals surface area (Å²) in [4.78, 5) is 29.0. The average Bonchev–Trinajstić information content (AvgIpc) is 2.47.